The van der Waals surface area contributed by atoms with E-state index in [1.54, 1.807) is 12.1 Å². The van der Waals surface area contributed by atoms with Crippen LogP contribution in [0.2, 0.25) is 0 Å². The smallest absolute Gasteiger partial charge is 0.457 e. The summed E-state index contributed by atoms with van der Waals surface area (Å²) in [6.07, 6.45) is 0.0173. The van der Waals surface area contributed by atoms with Gasteiger partial charge in [-0.15, -0.1) is 0 Å². The lowest BCUT2D eigenvalue weighted by Crippen LogP contribution is -2.51. The Kier molecular flexibility index (Phi) is 9.39. The lowest BCUT2D eigenvalue weighted by atomic mass is 10.2. The molecule has 0 bridgehead atoms. The molecule has 8 heteroatoms. The predicted molar refractivity (Wildman–Crippen MR) is 103 cm³/mol. The fourth-order valence-corrected chi connectivity index (χ4v) is 5.88. The van der Waals surface area contributed by atoms with E-state index in [0.29, 0.717) is 25.4 Å². The number of rotatable bonds is 9. The van der Waals surface area contributed by atoms with Gasteiger partial charge in [0.2, 0.25) is 0 Å². The first kappa shape index (κ1) is 20.3. The van der Waals surface area contributed by atoms with Crippen molar-refractivity contribution in [2.75, 3.05) is 26.1 Å². The molecule has 0 N–H and O–H groups in total. The van der Waals surface area contributed by atoms with Crippen molar-refractivity contribution in [1.29, 1.82) is 0 Å². The van der Waals surface area contributed by atoms with Crippen LogP contribution in [0.5, 0.6) is 0 Å². The van der Waals surface area contributed by atoms with Crippen LogP contribution in [0.15, 0.2) is 18.2 Å². The van der Waals surface area contributed by atoms with Gasteiger partial charge in [-0.2, -0.15) is 0 Å². The van der Waals surface area contributed by atoms with Gasteiger partial charge >= 0.3 is 14.8 Å². The second kappa shape index (κ2) is 10.2. The van der Waals surface area contributed by atoms with Crippen molar-refractivity contribution in [3.63, 3.8) is 0 Å². The molecule has 0 spiro atoms. The summed E-state index contributed by atoms with van der Waals surface area (Å²) in [6, 6.07) is 5.56. The molecule has 22 heavy (non-hydrogen) atoms. The fourth-order valence-electron chi connectivity index (χ4n) is 1.82. The highest BCUT2D eigenvalue weighted by Crippen LogP contribution is 2.17. The van der Waals surface area contributed by atoms with Gasteiger partial charge in [-0.05, 0) is 84.2 Å². The van der Waals surface area contributed by atoms with Crippen molar-refractivity contribution < 1.29 is 22.8 Å². The van der Waals surface area contributed by atoms with Crippen molar-refractivity contribution in [1.82, 2.24) is 0 Å². The number of ether oxygens (including phenoxy) is 1. The Morgan fingerprint density at radius 2 is 1.41 bits per heavy atom. The summed E-state index contributed by atoms with van der Waals surface area (Å²) in [7, 11) is -2.97. The molecular formula is C14H20I2O5Si. The summed E-state index contributed by atoms with van der Waals surface area (Å²) in [5.74, 6) is -0.396. The average molecular weight is 550 g/mol. The first-order valence-corrected chi connectivity index (χ1v) is 11.1. The van der Waals surface area contributed by atoms with Crippen molar-refractivity contribution in [2.45, 2.75) is 20.8 Å². The zero-order valence-electron chi connectivity index (χ0n) is 12.9. The topological polar surface area (TPSA) is 54.0 Å². The van der Waals surface area contributed by atoms with Crippen LogP contribution in [-0.4, -0.2) is 40.8 Å². The minimum atomic E-state index is -2.97. The van der Waals surface area contributed by atoms with Crippen LogP contribution in [0.3, 0.4) is 0 Å². The van der Waals surface area contributed by atoms with Gasteiger partial charge in [0.15, 0.2) is 6.23 Å². The maximum atomic E-state index is 12.2. The van der Waals surface area contributed by atoms with Crippen LogP contribution in [0.4, 0.5) is 0 Å². The Labute approximate surface area is 159 Å². The molecular weight excluding hydrogens is 530 g/mol. The number of carbonyl (C=O) groups excluding carboxylic acids is 1. The van der Waals surface area contributed by atoms with Gasteiger partial charge in [-0.1, -0.05) is 0 Å². The van der Waals surface area contributed by atoms with Crippen LogP contribution in [0.25, 0.3) is 0 Å². The second-order valence-corrected chi connectivity index (χ2v) is 9.23. The zero-order valence-corrected chi connectivity index (χ0v) is 18.2. The summed E-state index contributed by atoms with van der Waals surface area (Å²) < 4.78 is 24.3. The summed E-state index contributed by atoms with van der Waals surface area (Å²) in [6.45, 7) is 6.94. The number of halogens is 2. The molecule has 0 unspecified atom stereocenters. The van der Waals surface area contributed by atoms with Gasteiger partial charge in [0.1, 0.15) is 0 Å². The molecule has 0 atom stereocenters. The minimum absolute atomic E-state index is 0.0173. The molecule has 0 aliphatic heterocycles. The lowest BCUT2D eigenvalue weighted by Gasteiger charge is -2.27. The minimum Gasteiger partial charge on any atom is -0.457 e. The Balaban J connectivity index is 2.80. The van der Waals surface area contributed by atoms with Gasteiger partial charge in [0.25, 0.3) is 0 Å². The summed E-state index contributed by atoms with van der Waals surface area (Å²) in [5, 5.41) is 0. The monoisotopic (exact) mass is 550 g/mol. The molecule has 0 aromatic heterocycles. The van der Waals surface area contributed by atoms with Gasteiger partial charge in [0, 0.05) is 27.0 Å². The highest BCUT2D eigenvalue weighted by Gasteiger charge is 2.42. The third kappa shape index (κ3) is 6.39. The van der Waals surface area contributed by atoms with E-state index in [9.17, 15) is 4.79 Å². The van der Waals surface area contributed by atoms with E-state index < -0.39 is 14.8 Å². The van der Waals surface area contributed by atoms with Crippen LogP contribution in [0.1, 0.15) is 31.1 Å². The van der Waals surface area contributed by atoms with Crippen molar-refractivity contribution in [3.8, 4) is 0 Å². The molecule has 124 valence electrons. The van der Waals surface area contributed by atoms with Gasteiger partial charge in [0.05, 0.1) is 5.56 Å². The van der Waals surface area contributed by atoms with E-state index in [1.807, 2.05) is 26.8 Å². The van der Waals surface area contributed by atoms with Crippen LogP contribution >= 0.6 is 45.2 Å². The Bertz CT molecular complexity index is 461. The fraction of sp³-hybridized carbons (Fsp3) is 0.500. The van der Waals surface area contributed by atoms with Gasteiger partial charge < -0.3 is 18.0 Å². The number of hydrogen-bond acceptors (Lipinski definition) is 5. The van der Waals surface area contributed by atoms with E-state index in [0.717, 1.165) is 7.14 Å². The SMILES string of the molecule is CCO[Si](COC(=O)c1cc(I)cc(I)c1)(OCC)OCC. The number of carbonyl (C=O) groups is 1. The maximum Gasteiger partial charge on any atom is 0.540 e. The van der Waals surface area contributed by atoms with Crippen LogP contribution in [0, 0.1) is 7.14 Å². The van der Waals surface area contributed by atoms with Gasteiger partial charge in [-0.3, -0.25) is 0 Å². The molecule has 1 rings (SSSR count). The Morgan fingerprint density at radius 1 is 0.955 bits per heavy atom. The number of hydrogen-bond donors (Lipinski definition) is 0. The Morgan fingerprint density at radius 3 is 1.82 bits per heavy atom. The third-order valence-electron chi connectivity index (χ3n) is 2.57. The van der Waals surface area contributed by atoms with E-state index >= 15 is 0 Å². The standard InChI is InChI=1S/C14H20I2O5Si/c1-4-19-22(20-5-2,21-6-3)10-18-14(17)11-7-12(15)9-13(16)8-11/h7-9H,4-6,10H2,1-3H3. The van der Waals surface area contributed by atoms with Crippen molar-refractivity contribution in [2.24, 2.45) is 0 Å². The van der Waals surface area contributed by atoms with Crippen molar-refractivity contribution in [3.05, 3.63) is 30.9 Å². The second-order valence-electron chi connectivity index (χ2n) is 4.22. The molecule has 0 saturated carbocycles. The number of esters is 1. The largest absolute Gasteiger partial charge is 0.540 e. The van der Waals surface area contributed by atoms with E-state index in [-0.39, 0.29) is 6.23 Å². The molecule has 1 aromatic rings. The normalized spacial score (nSPS) is 11.5. The van der Waals surface area contributed by atoms with E-state index in [2.05, 4.69) is 45.2 Å². The average Bonchev–Trinajstić information content (AvgIpc) is 2.44. The summed E-state index contributed by atoms with van der Waals surface area (Å²) in [5.41, 5.74) is 0.517. The third-order valence-corrected chi connectivity index (χ3v) is 6.50. The zero-order chi connectivity index (χ0) is 16.6. The molecule has 0 heterocycles. The quantitative estimate of drug-likeness (QED) is 0.267. The maximum absolute atomic E-state index is 12.2. The lowest BCUT2D eigenvalue weighted by molar-refractivity contribution is 0.0247. The first-order valence-electron chi connectivity index (χ1n) is 7.01. The predicted octanol–water partition coefficient (Wildman–Crippen LogP) is 3.64. The molecule has 0 amide bonds. The first-order chi connectivity index (χ1) is 10.5. The van der Waals surface area contributed by atoms with E-state index in [4.69, 9.17) is 18.0 Å². The molecule has 0 aliphatic rings. The Hall–Kier alpha value is 0.247. The summed E-state index contributed by atoms with van der Waals surface area (Å²) >= 11 is 4.34. The highest BCUT2D eigenvalue weighted by atomic mass is 127. The van der Waals surface area contributed by atoms with Crippen molar-refractivity contribution >= 4 is 60.0 Å². The molecule has 1 aromatic carbocycles. The van der Waals surface area contributed by atoms with Crippen LogP contribution in [-0.2, 0) is 18.0 Å². The molecule has 0 fully saturated rings. The molecule has 0 aliphatic carbocycles. The number of benzene rings is 1. The summed E-state index contributed by atoms with van der Waals surface area (Å²) in [4.78, 5) is 12.2. The van der Waals surface area contributed by atoms with Crippen LogP contribution < -0.4 is 0 Å². The molecule has 0 radical (unpaired) electrons. The highest BCUT2D eigenvalue weighted by molar-refractivity contribution is 14.1. The molecule has 0 saturated heterocycles. The van der Waals surface area contributed by atoms with Gasteiger partial charge in [-0.25, -0.2) is 4.79 Å². The molecule has 5 nitrogen and oxygen atoms in total. The van der Waals surface area contributed by atoms with E-state index in [1.165, 1.54) is 0 Å².